The second kappa shape index (κ2) is 4.34. The molecule has 0 spiro atoms. The van der Waals surface area contributed by atoms with Crippen LogP contribution in [0, 0.1) is 5.92 Å². The molecular formula is C11H21N. The first-order chi connectivity index (χ1) is 5.37. The van der Waals surface area contributed by atoms with Crippen LogP contribution < -0.4 is 0 Å². The minimum atomic E-state index is 0.389. The summed E-state index contributed by atoms with van der Waals surface area (Å²) in [6, 6.07) is 0.389. The summed E-state index contributed by atoms with van der Waals surface area (Å²) in [5.74, 6) is 0.511. The van der Waals surface area contributed by atoms with E-state index >= 15 is 0 Å². The zero-order valence-electron chi connectivity index (χ0n) is 9.02. The first-order valence-corrected chi connectivity index (χ1v) is 4.45. The molecule has 12 heavy (non-hydrogen) atoms. The number of hydrogen-bond donors (Lipinski definition) is 0. The Morgan fingerprint density at radius 2 is 1.58 bits per heavy atom. The summed E-state index contributed by atoms with van der Waals surface area (Å²) in [6.45, 7) is 16.5. The van der Waals surface area contributed by atoms with Gasteiger partial charge in [0.2, 0.25) is 0 Å². The fraction of sp³-hybridized carbons (Fsp3) is 0.636. The summed E-state index contributed by atoms with van der Waals surface area (Å²) in [7, 11) is 2.07. The van der Waals surface area contributed by atoms with Crippen molar-refractivity contribution in [1.29, 1.82) is 0 Å². The normalized spacial score (nSPS) is 12.8. The molecule has 0 aromatic carbocycles. The molecule has 0 aromatic rings. The highest BCUT2D eigenvalue weighted by Crippen LogP contribution is 2.16. The maximum absolute atomic E-state index is 4.04. The predicted molar refractivity (Wildman–Crippen MR) is 56.0 cm³/mol. The van der Waals surface area contributed by atoms with Gasteiger partial charge in [-0.25, -0.2) is 0 Å². The molecule has 1 unspecified atom stereocenters. The van der Waals surface area contributed by atoms with Crippen molar-refractivity contribution in [3.8, 4) is 0 Å². The van der Waals surface area contributed by atoms with E-state index in [1.807, 2.05) is 0 Å². The third kappa shape index (κ3) is 2.72. The van der Waals surface area contributed by atoms with E-state index in [-0.39, 0.29) is 0 Å². The van der Waals surface area contributed by atoms with Crippen molar-refractivity contribution >= 4 is 0 Å². The number of nitrogens with zero attached hydrogens (tertiary/aromatic N) is 1. The van der Waals surface area contributed by atoms with Gasteiger partial charge >= 0.3 is 0 Å². The van der Waals surface area contributed by atoms with Gasteiger partial charge in [0.15, 0.2) is 0 Å². The Hall–Kier alpha value is -0.720. The molecule has 0 rings (SSSR count). The van der Waals surface area contributed by atoms with Gasteiger partial charge in [0.25, 0.3) is 0 Å². The average Bonchev–Trinajstić information content (AvgIpc) is 2.00. The fourth-order valence-corrected chi connectivity index (χ4v) is 0.987. The van der Waals surface area contributed by atoms with E-state index in [1.54, 1.807) is 0 Å². The van der Waals surface area contributed by atoms with Crippen LogP contribution in [0.3, 0.4) is 0 Å². The Balaban J connectivity index is 4.29. The highest BCUT2D eigenvalue weighted by Gasteiger charge is 2.12. The van der Waals surface area contributed by atoms with Gasteiger partial charge in [0.05, 0.1) is 0 Å². The van der Waals surface area contributed by atoms with Crippen molar-refractivity contribution < 1.29 is 0 Å². The summed E-state index contributed by atoms with van der Waals surface area (Å²) < 4.78 is 0. The maximum atomic E-state index is 4.04. The highest BCUT2D eigenvalue weighted by molar-refractivity contribution is 5.07. The third-order valence-electron chi connectivity index (χ3n) is 2.41. The lowest BCUT2D eigenvalue weighted by molar-refractivity contribution is 0.328. The van der Waals surface area contributed by atoms with Crippen LogP contribution in [0.1, 0.15) is 27.7 Å². The Morgan fingerprint density at radius 1 is 1.17 bits per heavy atom. The first kappa shape index (κ1) is 11.3. The number of rotatable bonds is 4. The average molecular weight is 167 g/mol. The van der Waals surface area contributed by atoms with Crippen LogP contribution >= 0.6 is 0 Å². The van der Waals surface area contributed by atoms with Crippen LogP contribution in [0.25, 0.3) is 0 Å². The molecule has 0 aliphatic rings. The highest BCUT2D eigenvalue weighted by atomic mass is 15.1. The van der Waals surface area contributed by atoms with Gasteiger partial charge in [-0.05, 0) is 19.8 Å². The molecule has 1 heteroatoms. The quantitative estimate of drug-likeness (QED) is 0.582. The Morgan fingerprint density at radius 3 is 1.83 bits per heavy atom. The Bertz CT molecular complexity index is 179. The molecule has 1 nitrogen and oxygen atoms in total. The molecule has 0 saturated heterocycles. The van der Waals surface area contributed by atoms with Gasteiger partial charge in [0, 0.05) is 18.8 Å². The zero-order chi connectivity index (χ0) is 9.89. The summed E-state index contributed by atoms with van der Waals surface area (Å²) in [5, 5.41) is 0. The van der Waals surface area contributed by atoms with E-state index in [0.717, 1.165) is 0 Å². The van der Waals surface area contributed by atoms with Gasteiger partial charge in [-0.1, -0.05) is 32.6 Å². The molecule has 1 atom stereocenters. The molecular weight excluding hydrogens is 146 g/mol. The lowest BCUT2D eigenvalue weighted by Gasteiger charge is -2.31. The molecule has 70 valence electrons. The third-order valence-corrected chi connectivity index (χ3v) is 2.41. The molecule has 0 aromatic heterocycles. The number of likely N-dealkylation sites (N-methyl/N-ethyl adjacent to an activating group) is 1. The first-order valence-electron chi connectivity index (χ1n) is 4.45. The van der Waals surface area contributed by atoms with Crippen molar-refractivity contribution in [3.05, 3.63) is 24.4 Å². The zero-order valence-corrected chi connectivity index (χ0v) is 9.02. The molecule has 0 aliphatic heterocycles. The topological polar surface area (TPSA) is 3.24 Å². The maximum Gasteiger partial charge on any atom is 0.0462 e. The molecule has 0 saturated carbocycles. The van der Waals surface area contributed by atoms with Crippen LogP contribution in [-0.2, 0) is 0 Å². The van der Waals surface area contributed by atoms with Gasteiger partial charge in [-0.2, -0.15) is 0 Å². The van der Waals surface area contributed by atoms with E-state index < -0.39 is 0 Å². The van der Waals surface area contributed by atoms with Crippen LogP contribution in [0.2, 0.25) is 0 Å². The predicted octanol–water partition coefficient (Wildman–Crippen LogP) is 3.05. The molecule has 0 heterocycles. The second-order valence-electron chi connectivity index (χ2n) is 3.78. The SMILES string of the molecule is C=C(C)C(C)N(C)C(=C)C(C)C. The van der Waals surface area contributed by atoms with E-state index in [9.17, 15) is 0 Å². The summed E-state index contributed by atoms with van der Waals surface area (Å²) >= 11 is 0. The molecule has 0 bridgehead atoms. The van der Waals surface area contributed by atoms with Gasteiger partial charge in [0.1, 0.15) is 0 Å². The van der Waals surface area contributed by atoms with Crippen LogP contribution in [0.4, 0.5) is 0 Å². The number of allylic oxidation sites excluding steroid dienone is 1. The van der Waals surface area contributed by atoms with Gasteiger partial charge < -0.3 is 4.90 Å². The summed E-state index contributed by atoms with van der Waals surface area (Å²) in [6.07, 6.45) is 0. The standard InChI is InChI=1S/C11H21N/c1-8(2)10(5)12(7)11(6)9(3)4/h9-10H,1,6H2,2-5,7H3. The van der Waals surface area contributed by atoms with Crippen molar-refractivity contribution in [2.75, 3.05) is 7.05 Å². The van der Waals surface area contributed by atoms with Gasteiger partial charge in [-0.15, -0.1) is 0 Å². The number of hydrogen-bond acceptors (Lipinski definition) is 1. The Kier molecular flexibility index (Phi) is 4.08. The molecule has 0 aliphatic carbocycles. The monoisotopic (exact) mass is 167 g/mol. The minimum absolute atomic E-state index is 0.389. The molecule has 0 amide bonds. The molecule has 0 radical (unpaired) electrons. The fourth-order valence-electron chi connectivity index (χ4n) is 0.987. The molecule has 0 N–H and O–H groups in total. The summed E-state index contributed by atoms with van der Waals surface area (Å²) in [5.41, 5.74) is 2.35. The van der Waals surface area contributed by atoms with E-state index in [0.29, 0.717) is 12.0 Å². The van der Waals surface area contributed by atoms with Crippen molar-refractivity contribution in [2.24, 2.45) is 5.92 Å². The lowest BCUT2D eigenvalue weighted by atomic mass is 10.1. The summed E-state index contributed by atoms with van der Waals surface area (Å²) in [4.78, 5) is 2.19. The van der Waals surface area contributed by atoms with E-state index in [2.05, 4.69) is 52.8 Å². The Labute approximate surface area is 76.8 Å². The van der Waals surface area contributed by atoms with Crippen molar-refractivity contribution in [3.63, 3.8) is 0 Å². The lowest BCUT2D eigenvalue weighted by Crippen LogP contribution is -2.30. The van der Waals surface area contributed by atoms with Crippen LogP contribution in [0.15, 0.2) is 24.4 Å². The largest absolute Gasteiger partial charge is 0.372 e. The minimum Gasteiger partial charge on any atom is -0.372 e. The van der Waals surface area contributed by atoms with Crippen LogP contribution in [-0.4, -0.2) is 18.0 Å². The van der Waals surface area contributed by atoms with E-state index in [4.69, 9.17) is 0 Å². The van der Waals surface area contributed by atoms with Crippen LogP contribution in [0.5, 0.6) is 0 Å². The van der Waals surface area contributed by atoms with Crippen molar-refractivity contribution in [1.82, 2.24) is 4.90 Å². The molecule has 0 fully saturated rings. The van der Waals surface area contributed by atoms with E-state index in [1.165, 1.54) is 11.3 Å². The smallest absolute Gasteiger partial charge is 0.0462 e. The van der Waals surface area contributed by atoms with Crippen molar-refractivity contribution in [2.45, 2.75) is 33.7 Å². The van der Waals surface area contributed by atoms with Gasteiger partial charge in [-0.3, -0.25) is 0 Å². The second-order valence-corrected chi connectivity index (χ2v) is 3.78.